The molecule has 0 aliphatic carbocycles. The van der Waals surface area contributed by atoms with E-state index in [4.69, 9.17) is 5.84 Å². The molecule has 0 aliphatic rings. The van der Waals surface area contributed by atoms with Crippen LogP contribution in [0.25, 0.3) is 0 Å². The third-order valence-electron chi connectivity index (χ3n) is 2.86. The Morgan fingerprint density at radius 2 is 2.17 bits per heavy atom. The van der Waals surface area contributed by atoms with Crippen molar-refractivity contribution < 1.29 is 0 Å². The van der Waals surface area contributed by atoms with Crippen LogP contribution in [0, 0.1) is 0 Å². The first-order chi connectivity index (χ1) is 8.77. The molecule has 0 saturated carbocycles. The van der Waals surface area contributed by atoms with E-state index in [1.165, 1.54) is 0 Å². The highest BCUT2D eigenvalue weighted by Crippen LogP contribution is 2.27. The minimum absolute atomic E-state index is 0.0605. The Labute approximate surface area is 115 Å². The van der Waals surface area contributed by atoms with Gasteiger partial charge in [0.2, 0.25) is 0 Å². The third kappa shape index (κ3) is 2.63. The number of aryl methyl sites for hydroxylation is 1. The number of benzene rings is 1. The SMILES string of the molecule is CCCn1nccc1C(NN)c1ccccc1Br. The first kappa shape index (κ1) is 13.3. The van der Waals surface area contributed by atoms with E-state index in [2.05, 4.69) is 39.4 Å². The van der Waals surface area contributed by atoms with Crippen LogP contribution in [-0.4, -0.2) is 9.78 Å². The Morgan fingerprint density at radius 1 is 1.39 bits per heavy atom. The summed E-state index contributed by atoms with van der Waals surface area (Å²) in [7, 11) is 0. The summed E-state index contributed by atoms with van der Waals surface area (Å²) in [5, 5.41) is 4.34. The van der Waals surface area contributed by atoms with Gasteiger partial charge >= 0.3 is 0 Å². The highest BCUT2D eigenvalue weighted by atomic mass is 79.9. The van der Waals surface area contributed by atoms with Gasteiger partial charge in [-0.25, -0.2) is 5.43 Å². The summed E-state index contributed by atoms with van der Waals surface area (Å²) in [6.45, 7) is 3.03. The molecule has 3 N–H and O–H groups in total. The van der Waals surface area contributed by atoms with Crippen LogP contribution in [0.1, 0.15) is 30.6 Å². The highest BCUT2D eigenvalue weighted by Gasteiger charge is 2.18. The van der Waals surface area contributed by atoms with Crippen molar-refractivity contribution in [1.29, 1.82) is 0 Å². The normalized spacial score (nSPS) is 12.6. The molecule has 1 aromatic carbocycles. The molecule has 1 atom stereocenters. The molecule has 96 valence electrons. The zero-order valence-corrected chi connectivity index (χ0v) is 11.9. The van der Waals surface area contributed by atoms with Crippen LogP contribution in [0.3, 0.4) is 0 Å². The van der Waals surface area contributed by atoms with E-state index in [1.807, 2.05) is 35.1 Å². The summed E-state index contributed by atoms with van der Waals surface area (Å²) in [4.78, 5) is 0. The average molecular weight is 309 g/mol. The van der Waals surface area contributed by atoms with Crippen LogP contribution < -0.4 is 11.3 Å². The van der Waals surface area contributed by atoms with E-state index in [9.17, 15) is 0 Å². The second-order valence-electron chi connectivity index (χ2n) is 4.10. The molecule has 1 heterocycles. The van der Waals surface area contributed by atoms with E-state index in [1.54, 1.807) is 0 Å². The van der Waals surface area contributed by atoms with Gasteiger partial charge in [0.1, 0.15) is 0 Å². The number of nitrogens with zero attached hydrogens (tertiary/aromatic N) is 2. The number of nitrogens with two attached hydrogens (primary N) is 1. The lowest BCUT2D eigenvalue weighted by atomic mass is 10.0. The number of rotatable bonds is 5. The zero-order valence-electron chi connectivity index (χ0n) is 10.3. The van der Waals surface area contributed by atoms with Crippen molar-refractivity contribution in [2.24, 2.45) is 5.84 Å². The second kappa shape index (κ2) is 6.13. The van der Waals surface area contributed by atoms with Gasteiger partial charge in [0.25, 0.3) is 0 Å². The van der Waals surface area contributed by atoms with E-state index in [-0.39, 0.29) is 6.04 Å². The summed E-state index contributed by atoms with van der Waals surface area (Å²) in [5.74, 6) is 5.72. The fraction of sp³-hybridized carbons (Fsp3) is 0.308. The Bertz CT molecular complexity index is 509. The van der Waals surface area contributed by atoms with Crippen LogP contribution in [0.4, 0.5) is 0 Å². The van der Waals surface area contributed by atoms with Crippen LogP contribution in [0.2, 0.25) is 0 Å². The predicted octanol–water partition coefficient (Wildman–Crippen LogP) is 2.61. The van der Waals surface area contributed by atoms with Gasteiger partial charge in [0, 0.05) is 17.2 Å². The van der Waals surface area contributed by atoms with Crippen molar-refractivity contribution in [1.82, 2.24) is 15.2 Å². The summed E-state index contributed by atoms with van der Waals surface area (Å²) in [6.07, 6.45) is 2.86. The van der Waals surface area contributed by atoms with Crippen LogP contribution in [-0.2, 0) is 6.54 Å². The molecule has 0 spiro atoms. The molecule has 2 aromatic rings. The Hall–Kier alpha value is -1.17. The molecule has 0 radical (unpaired) electrons. The summed E-state index contributed by atoms with van der Waals surface area (Å²) >= 11 is 3.56. The number of hydrogen-bond acceptors (Lipinski definition) is 3. The molecule has 0 amide bonds. The van der Waals surface area contributed by atoms with Crippen molar-refractivity contribution in [3.63, 3.8) is 0 Å². The van der Waals surface area contributed by atoms with Gasteiger partial charge < -0.3 is 0 Å². The monoisotopic (exact) mass is 308 g/mol. The summed E-state index contributed by atoms with van der Waals surface area (Å²) in [5.41, 5.74) is 5.05. The van der Waals surface area contributed by atoms with Crippen molar-refractivity contribution in [2.75, 3.05) is 0 Å². The van der Waals surface area contributed by atoms with E-state index in [0.29, 0.717) is 0 Å². The topological polar surface area (TPSA) is 55.9 Å². The summed E-state index contributed by atoms with van der Waals surface area (Å²) < 4.78 is 3.03. The van der Waals surface area contributed by atoms with Gasteiger partial charge in [0.05, 0.1) is 11.7 Å². The Morgan fingerprint density at radius 3 is 2.83 bits per heavy atom. The van der Waals surface area contributed by atoms with Gasteiger partial charge in [-0.05, 0) is 24.1 Å². The van der Waals surface area contributed by atoms with Crippen LogP contribution in [0.5, 0.6) is 0 Å². The van der Waals surface area contributed by atoms with Crippen molar-refractivity contribution in [2.45, 2.75) is 25.9 Å². The number of hydrazine groups is 1. The minimum atomic E-state index is -0.0605. The fourth-order valence-electron chi connectivity index (χ4n) is 2.03. The van der Waals surface area contributed by atoms with Crippen molar-refractivity contribution in [3.05, 3.63) is 52.3 Å². The minimum Gasteiger partial charge on any atom is -0.271 e. The van der Waals surface area contributed by atoms with Gasteiger partial charge in [-0.15, -0.1) is 0 Å². The molecule has 2 rings (SSSR count). The summed E-state index contributed by atoms with van der Waals surface area (Å²) in [6, 6.07) is 10.0. The fourth-order valence-corrected chi connectivity index (χ4v) is 2.54. The third-order valence-corrected chi connectivity index (χ3v) is 3.59. The van der Waals surface area contributed by atoms with E-state index < -0.39 is 0 Å². The maximum atomic E-state index is 5.72. The number of nitrogens with one attached hydrogen (secondary N) is 1. The largest absolute Gasteiger partial charge is 0.271 e. The second-order valence-corrected chi connectivity index (χ2v) is 4.95. The number of hydrogen-bond donors (Lipinski definition) is 2. The molecular formula is C13H17BrN4. The number of aromatic nitrogens is 2. The average Bonchev–Trinajstić information content (AvgIpc) is 2.82. The lowest BCUT2D eigenvalue weighted by Gasteiger charge is -2.19. The maximum Gasteiger partial charge on any atom is 0.0889 e. The lowest BCUT2D eigenvalue weighted by Crippen LogP contribution is -2.31. The van der Waals surface area contributed by atoms with Gasteiger partial charge in [0.15, 0.2) is 0 Å². The van der Waals surface area contributed by atoms with Crippen LogP contribution in [0.15, 0.2) is 41.0 Å². The molecule has 0 bridgehead atoms. The standard InChI is InChI=1S/C13H17BrN4/c1-2-9-18-12(7-8-16-18)13(17-15)10-5-3-4-6-11(10)14/h3-8,13,17H,2,9,15H2,1H3. The lowest BCUT2D eigenvalue weighted by molar-refractivity contribution is 0.520. The van der Waals surface area contributed by atoms with Gasteiger partial charge in [-0.1, -0.05) is 41.1 Å². The molecule has 4 nitrogen and oxygen atoms in total. The molecule has 18 heavy (non-hydrogen) atoms. The first-order valence-corrected chi connectivity index (χ1v) is 6.79. The van der Waals surface area contributed by atoms with Crippen LogP contribution >= 0.6 is 15.9 Å². The smallest absolute Gasteiger partial charge is 0.0889 e. The van der Waals surface area contributed by atoms with Gasteiger partial charge in [-0.2, -0.15) is 5.10 Å². The number of halogens is 1. The first-order valence-electron chi connectivity index (χ1n) is 6.00. The maximum absolute atomic E-state index is 5.72. The van der Waals surface area contributed by atoms with E-state index in [0.717, 1.165) is 28.7 Å². The molecule has 0 fully saturated rings. The quantitative estimate of drug-likeness (QED) is 0.659. The molecule has 1 unspecified atom stereocenters. The predicted molar refractivity (Wildman–Crippen MR) is 75.8 cm³/mol. The molecule has 0 aliphatic heterocycles. The van der Waals surface area contributed by atoms with E-state index >= 15 is 0 Å². The zero-order chi connectivity index (χ0) is 13.0. The molecular weight excluding hydrogens is 292 g/mol. The Balaban J connectivity index is 2.39. The Kier molecular flexibility index (Phi) is 4.52. The van der Waals surface area contributed by atoms with Crippen molar-refractivity contribution >= 4 is 15.9 Å². The van der Waals surface area contributed by atoms with Gasteiger partial charge in [-0.3, -0.25) is 10.5 Å². The van der Waals surface area contributed by atoms with Crippen molar-refractivity contribution in [3.8, 4) is 0 Å². The highest BCUT2D eigenvalue weighted by molar-refractivity contribution is 9.10. The molecule has 1 aromatic heterocycles. The molecule has 5 heteroatoms. The molecule has 0 saturated heterocycles.